The summed E-state index contributed by atoms with van der Waals surface area (Å²) in [7, 11) is 0. The van der Waals surface area contributed by atoms with Gasteiger partial charge < -0.3 is 0 Å². The standard InChI is InChI=1S/C6H4ClN3OS2/c1-12-6-9-10-2-3(4(7)11)8-5(10)13-6/h2H,1H3. The van der Waals surface area contributed by atoms with Crippen molar-refractivity contribution in [2.24, 2.45) is 0 Å². The lowest BCUT2D eigenvalue weighted by atomic mass is 10.5. The lowest BCUT2D eigenvalue weighted by Crippen LogP contribution is -1.87. The number of aromatic nitrogens is 3. The van der Waals surface area contributed by atoms with Crippen LogP contribution in [0.2, 0.25) is 0 Å². The highest BCUT2D eigenvalue weighted by molar-refractivity contribution is 8.00. The number of hydrogen-bond acceptors (Lipinski definition) is 5. The fraction of sp³-hybridized carbons (Fsp3) is 0.167. The molecule has 0 spiro atoms. The molecule has 0 bridgehead atoms. The van der Waals surface area contributed by atoms with Crippen molar-refractivity contribution in [1.82, 2.24) is 14.6 Å². The molecule has 0 saturated heterocycles. The van der Waals surface area contributed by atoms with Gasteiger partial charge in [0, 0.05) is 0 Å². The van der Waals surface area contributed by atoms with E-state index < -0.39 is 5.24 Å². The van der Waals surface area contributed by atoms with Crippen molar-refractivity contribution in [1.29, 1.82) is 0 Å². The molecule has 0 N–H and O–H groups in total. The molecule has 2 aromatic heterocycles. The molecule has 0 aliphatic carbocycles. The Morgan fingerprint density at radius 2 is 2.54 bits per heavy atom. The Morgan fingerprint density at radius 3 is 3.08 bits per heavy atom. The number of halogens is 1. The Balaban J connectivity index is 2.54. The quantitative estimate of drug-likeness (QED) is 0.587. The summed E-state index contributed by atoms with van der Waals surface area (Å²) in [6, 6.07) is 0. The summed E-state index contributed by atoms with van der Waals surface area (Å²) >= 11 is 8.23. The molecule has 0 atom stereocenters. The molecule has 0 amide bonds. The Kier molecular flexibility index (Phi) is 2.27. The average Bonchev–Trinajstić information content (AvgIpc) is 2.58. The minimum Gasteiger partial charge on any atom is -0.274 e. The maximum Gasteiger partial charge on any atom is 0.272 e. The van der Waals surface area contributed by atoms with Crippen molar-refractivity contribution in [3.63, 3.8) is 0 Å². The zero-order chi connectivity index (χ0) is 9.42. The first-order valence-corrected chi connectivity index (χ1v) is 5.72. The Morgan fingerprint density at radius 1 is 1.77 bits per heavy atom. The highest BCUT2D eigenvalue weighted by Crippen LogP contribution is 2.22. The number of fused-ring (bicyclic) bond motifs is 1. The first kappa shape index (κ1) is 8.98. The summed E-state index contributed by atoms with van der Waals surface area (Å²) < 4.78 is 2.47. The fourth-order valence-corrected chi connectivity index (χ4v) is 2.29. The van der Waals surface area contributed by atoms with Crippen molar-refractivity contribution >= 4 is 44.9 Å². The van der Waals surface area contributed by atoms with E-state index in [2.05, 4.69) is 10.1 Å². The predicted molar refractivity (Wildman–Crippen MR) is 52.8 cm³/mol. The molecule has 0 radical (unpaired) electrons. The smallest absolute Gasteiger partial charge is 0.272 e. The van der Waals surface area contributed by atoms with Gasteiger partial charge in [-0.2, -0.15) is 0 Å². The van der Waals surface area contributed by atoms with E-state index in [0.29, 0.717) is 4.96 Å². The van der Waals surface area contributed by atoms with Gasteiger partial charge in [-0.1, -0.05) is 23.1 Å². The number of nitrogens with zero attached hydrogens (tertiary/aromatic N) is 3. The summed E-state index contributed by atoms with van der Waals surface area (Å²) in [5.41, 5.74) is 0.244. The molecule has 2 heterocycles. The predicted octanol–water partition coefficient (Wildman–Crippen LogP) is 1.89. The summed E-state index contributed by atoms with van der Waals surface area (Å²) in [5.74, 6) is 0. The molecule has 0 aliphatic rings. The largest absolute Gasteiger partial charge is 0.274 e. The Bertz CT molecular complexity index is 432. The molecule has 7 heteroatoms. The second-order valence-electron chi connectivity index (χ2n) is 2.20. The van der Waals surface area contributed by atoms with Gasteiger partial charge in [0.15, 0.2) is 4.34 Å². The maximum atomic E-state index is 10.7. The third-order valence-electron chi connectivity index (χ3n) is 1.40. The monoisotopic (exact) mass is 233 g/mol. The summed E-state index contributed by atoms with van der Waals surface area (Å²) in [4.78, 5) is 15.4. The third-order valence-corrected chi connectivity index (χ3v) is 3.49. The van der Waals surface area contributed by atoms with Gasteiger partial charge in [0.05, 0.1) is 6.20 Å². The molecule has 4 nitrogen and oxygen atoms in total. The molecule has 0 saturated carbocycles. The van der Waals surface area contributed by atoms with E-state index in [9.17, 15) is 4.79 Å². The van der Waals surface area contributed by atoms with Gasteiger partial charge in [0.25, 0.3) is 5.24 Å². The van der Waals surface area contributed by atoms with E-state index in [-0.39, 0.29) is 5.69 Å². The third kappa shape index (κ3) is 1.56. The first-order chi connectivity index (χ1) is 6.20. The van der Waals surface area contributed by atoms with Gasteiger partial charge in [-0.15, -0.1) is 5.10 Å². The number of hydrogen-bond donors (Lipinski definition) is 0. The maximum absolute atomic E-state index is 10.7. The van der Waals surface area contributed by atoms with Crippen LogP contribution in [-0.4, -0.2) is 26.1 Å². The number of carbonyl (C=O) groups is 1. The van der Waals surface area contributed by atoms with E-state index in [0.717, 1.165) is 4.34 Å². The molecule has 0 fully saturated rings. The number of rotatable bonds is 2. The van der Waals surface area contributed by atoms with Crippen LogP contribution in [0.25, 0.3) is 4.96 Å². The van der Waals surface area contributed by atoms with Crippen LogP contribution in [-0.2, 0) is 0 Å². The van der Waals surface area contributed by atoms with E-state index >= 15 is 0 Å². The molecule has 0 aromatic carbocycles. The lowest BCUT2D eigenvalue weighted by molar-refractivity contribution is 0.107. The topological polar surface area (TPSA) is 47.3 Å². The van der Waals surface area contributed by atoms with Crippen molar-refractivity contribution in [3.05, 3.63) is 11.9 Å². The van der Waals surface area contributed by atoms with Crippen LogP contribution in [0.15, 0.2) is 10.5 Å². The van der Waals surface area contributed by atoms with Gasteiger partial charge in [-0.3, -0.25) is 4.79 Å². The zero-order valence-electron chi connectivity index (χ0n) is 6.52. The fourth-order valence-electron chi connectivity index (χ4n) is 0.859. The van der Waals surface area contributed by atoms with Crippen LogP contribution >= 0.6 is 34.7 Å². The summed E-state index contributed by atoms with van der Waals surface area (Å²) in [5, 5.41) is 3.61. The minimum atomic E-state index is -0.552. The van der Waals surface area contributed by atoms with Crippen molar-refractivity contribution in [3.8, 4) is 0 Å². The summed E-state index contributed by atoms with van der Waals surface area (Å²) in [6.07, 6.45) is 3.47. The van der Waals surface area contributed by atoms with Gasteiger partial charge in [0.1, 0.15) is 5.69 Å². The summed E-state index contributed by atoms with van der Waals surface area (Å²) in [6.45, 7) is 0. The normalized spacial score (nSPS) is 10.9. The lowest BCUT2D eigenvalue weighted by Gasteiger charge is -1.81. The second-order valence-corrected chi connectivity index (χ2v) is 4.55. The molecule has 68 valence electrons. The van der Waals surface area contributed by atoms with E-state index in [4.69, 9.17) is 11.6 Å². The Hall–Kier alpha value is -0.590. The molecule has 0 aliphatic heterocycles. The van der Waals surface area contributed by atoms with Gasteiger partial charge >= 0.3 is 0 Å². The number of carbonyl (C=O) groups excluding carboxylic acids is 1. The van der Waals surface area contributed by atoms with Crippen LogP contribution in [0.3, 0.4) is 0 Å². The first-order valence-electron chi connectivity index (χ1n) is 3.31. The average molecular weight is 234 g/mol. The molecule has 2 aromatic rings. The highest BCUT2D eigenvalue weighted by Gasteiger charge is 2.11. The van der Waals surface area contributed by atoms with Crippen molar-refractivity contribution < 1.29 is 4.79 Å². The van der Waals surface area contributed by atoms with Crippen molar-refractivity contribution in [2.45, 2.75) is 4.34 Å². The van der Waals surface area contributed by atoms with Crippen LogP contribution in [0.5, 0.6) is 0 Å². The van der Waals surface area contributed by atoms with E-state index in [1.807, 2.05) is 6.26 Å². The molecule has 13 heavy (non-hydrogen) atoms. The van der Waals surface area contributed by atoms with E-state index in [1.165, 1.54) is 17.5 Å². The van der Waals surface area contributed by atoms with Crippen LogP contribution < -0.4 is 0 Å². The minimum absolute atomic E-state index is 0.244. The zero-order valence-corrected chi connectivity index (χ0v) is 8.91. The van der Waals surface area contributed by atoms with Crippen LogP contribution in [0.1, 0.15) is 10.5 Å². The second kappa shape index (κ2) is 3.28. The van der Waals surface area contributed by atoms with Gasteiger partial charge in [-0.25, -0.2) is 9.50 Å². The highest BCUT2D eigenvalue weighted by atomic mass is 35.5. The number of thioether (sulfide) groups is 1. The molecule has 0 unspecified atom stereocenters. The van der Waals surface area contributed by atoms with Crippen LogP contribution in [0, 0.1) is 0 Å². The van der Waals surface area contributed by atoms with Crippen molar-refractivity contribution in [2.75, 3.05) is 6.26 Å². The molecule has 2 rings (SSSR count). The van der Waals surface area contributed by atoms with Gasteiger partial charge in [-0.05, 0) is 17.9 Å². The van der Waals surface area contributed by atoms with Crippen LogP contribution in [0.4, 0.5) is 0 Å². The molecular weight excluding hydrogens is 230 g/mol. The van der Waals surface area contributed by atoms with Gasteiger partial charge in [0.2, 0.25) is 4.96 Å². The Labute approximate surface area is 86.9 Å². The molecular formula is C6H4ClN3OS2. The number of imidazole rings is 1. The van der Waals surface area contributed by atoms with E-state index in [1.54, 1.807) is 16.3 Å². The SMILES string of the molecule is CSc1nn2cc(C(=O)Cl)nc2s1.